The molecule has 0 saturated heterocycles. The lowest BCUT2D eigenvalue weighted by atomic mass is 9.97. The molecule has 0 fully saturated rings. The quantitative estimate of drug-likeness (QED) is 0.189. The van der Waals surface area contributed by atoms with Gasteiger partial charge in [-0.25, -0.2) is 4.99 Å². The van der Waals surface area contributed by atoms with Crippen molar-refractivity contribution in [1.29, 1.82) is 0 Å². The van der Waals surface area contributed by atoms with Gasteiger partial charge in [-0.3, -0.25) is 24.1 Å². The Hall–Kier alpha value is -4.91. The van der Waals surface area contributed by atoms with Crippen LogP contribution < -0.4 is 21.7 Å². The number of carbonyl (C=O) groups excluding carboxylic acids is 4. The lowest BCUT2D eigenvalue weighted by Crippen LogP contribution is -2.51. The standard InChI is InChI=1S/C27H30F3N5O5.C3H5F3.C2H2/c1-26(2,32)25(39)40-15-35-19-11-7-6-10-18(19)21(16-8-4-3-5-9-16)33-22(24(35)38)34-23(37)17(14-20(31)36)12-13-27(28,29)30;1-2-3(4,5)6;1-2/h3-11,17,22H,12-15,32H2,1-2H3,(H2,31,36)(H,34,37);2H2,1H3;1-2H/t17-,22-;;/m1../s1. The van der Waals surface area contributed by atoms with E-state index in [1.165, 1.54) is 13.8 Å². The average molecular weight is 686 g/mol. The van der Waals surface area contributed by atoms with Crippen LogP contribution in [0.5, 0.6) is 0 Å². The number of carbonyl (C=O) groups is 4. The second-order valence-electron chi connectivity index (χ2n) is 10.8. The summed E-state index contributed by atoms with van der Waals surface area (Å²) in [6, 6.07) is 15.3. The summed E-state index contributed by atoms with van der Waals surface area (Å²) in [5.74, 6) is -5.09. The smallest absolute Gasteiger partial charge is 0.389 e. The number of hydrogen-bond acceptors (Lipinski definition) is 7. The van der Waals surface area contributed by atoms with Gasteiger partial charge in [0.05, 0.1) is 11.4 Å². The van der Waals surface area contributed by atoms with Crippen molar-refractivity contribution < 1.29 is 50.3 Å². The van der Waals surface area contributed by atoms with E-state index in [4.69, 9.17) is 16.2 Å². The lowest BCUT2D eigenvalue weighted by Gasteiger charge is -2.27. The first-order chi connectivity index (χ1) is 22.2. The number of hydrogen-bond donors (Lipinski definition) is 3. The van der Waals surface area contributed by atoms with Crippen molar-refractivity contribution in [3.05, 3.63) is 65.7 Å². The fourth-order valence-electron chi connectivity index (χ4n) is 3.95. The summed E-state index contributed by atoms with van der Waals surface area (Å²) < 4.78 is 76.3. The third kappa shape index (κ3) is 13.4. The van der Waals surface area contributed by atoms with Crippen molar-refractivity contribution in [2.24, 2.45) is 22.4 Å². The average Bonchev–Trinajstić information content (AvgIpc) is 3.12. The summed E-state index contributed by atoms with van der Waals surface area (Å²) >= 11 is 0. The highest BCUT2D eigenvalue weighted by Crippen LogP contribution is 2.29. The Bertz CT molecular complexity index is 1450. The molecule has 262 valence electrons. The number of primary amides is 1. The molecule has 16 heteroatoms. The number of rotatable bonds is 10. The summed E-state index contributed by atoms with van der Waals surface area (Å²) in [4.78, 5) is 56.3. The molecule has 0 saturated carbocycles. The van der Waals surface area contributed by atoms with Gasteiger partial charge in [-0.1, -0.05) is 55.5 Å². The van der Waals surface area contributed by atoms with Crippen molar-refractivity contribution in [3.8, 4) is 12.8 Å². The number of fused-ring (bicyclic) bond motifs is 1. The molecule has 3 amide bonds. The number of para-hydroxylation sites is 1. The molecule has 2 atom stereocenters. The maximum atomic E-state index is 13.8. The number of benzodiazepines with no additional fused rings is 1. The number of esters is 1. The summed E-state index contributed by atoms with van der Waals surface area (Å²) in [6.07, 6.45) is -5.62. The molecular weight excluding hydrogens is 648 g/mol. The Balaban J connectivity index is 0.00000129. The van der Waals surface area contributed by atoms with Crippen LogP contribution in [0.2, 0.25) is 0 Å². The lowest BCUT2D eigenvalue weighted by molar-refractivity contribution is -0.149. The molecule has 2 aromatic rings. The highest BCUT2D eigenvalue weighted by Gasteiger charge is 2.37. The maximum Gasteiger partial charge on any atom is 0.389 e. The van der Waals surface area contributed by atoms with E-state index < -0.39 is 86.1 Å². The van der Waals surface area contributed by atoms with E-state index in [-0.39, 0.29) is 0 Å². The van der Waals surface area contributed by atoms with Crippen LogP contribution in [0, 0.1) is 18.8 Å². The first-order valence-electron chi connectivity index (χ1n) is 14.3. The minimum absolute atomic E-state index is 0.296. The number of nitrogens with zero attached hydrogens (tertiary/aromatic N) is 2. The zero-order valence-corrected chi connectivity index (χ0v) is 26.4. The largest absolute Gasteiger partial charge is 0.442 e. The van der Waals surface area contributed by atoms with Crippen molar-refractivity contribution in [1.82, 2.24) is 5.32 Å². The first kappa shape index (κ1) is 41.1. The second kappa shape index (κ2) is 17.9. The van der Waals surface area contributed by atoms with E-state index in [1.807, 2.05) is 0 Å². The van der Waals surface area contributed by atoms with Crippen LogP contribution >= 0.6 is 0 Å². The van der Waals surface area contributed by atoms with Crippen molar-refractivity contribution >= 4 is 35.1 Å². The SMILES string of the molecule is C#C.CC(C)(N)C(=O)OCN1C(=O)[C@@H](NC(=O)[C@H](CCC(F)(F)F)CC(N)=O)N=C(c2ccccc2)c2ccccc21.CCC(F)(F)F. The van der Waals surface area contributed by atoms with Crippen LogP contribution in [0.25, 0.3) is 0 Å². The van der Waals surface area contributed by atoms with Gasteiger partial charge in [0.15, 0.2) is 6.73 Å². The third-order valence-electron chi connectivity index (χ3n) is 6.38. The van der Waals surface area contributed by atoms with Gasteiger partial charge < -0.3 is 21.5 Å². The van der Waals surface area contributed by atoms with Gasteiger partial charge >= 0.3 is 18.3 Å². The van der Waals surface area contributed by atoms with E-state index in [9.17, 15) is 45.5 Å². The van der Waals surface area contributed by atoms with E-state index in [0.29, 0.717) is 22.5 Å². The molecule has 1 aliphatic heterocycles. The predicted molar refractivity (Wildman–Crippen MR) is 166 cm³/mol. The molecule has 0 radical (unpaired) electrons. The molecule has 10 nitrogen and oxygen atoms in total. The van der Waals surface area contributed by atoms with Crippen LogP contribution in [0.1, 0.15) is 57.6 Å². The van der Waals surface area contributed by atoms with Gasteiger partial charge in [0, 0.05) is 36.3 Å². The Morgan fingerprint density at radius 1 is 0.979 bits per heavy atom. The zero-order valence-electron chi connectivity index (χ0n) is 26.4. The normalized spacial score (nSPS) is 15.2. The zero-order chi connectivity index (χ0) is 36.9. The van der Waals surface area contributed by atoms with E-state index in [0.717, 1.165) is 11.8 Å². The van der Waals surface area contributed by atoms with Gasteiger partial charge in [-0.15, -0.1) is 12.8 Å². The molecule has 5 N–H and O–H groups in total. The third-order valence-corrected chi connectivity index (χ3v) is 6.38. The number of ether oxygens (including phenoxy) is 1. The highest BCUT2D eigenvalue weighted by molar-refractivity contribution is 6.20. The van der Waals surface area contributed by atoms with Crippen LogP contribution in [0.4, 0.5) is 32.0 Å². The van der Waals surface area contributed by atoms with Crippen molar-refractivity contribution in [2.45, 2.75) is 70.5 Å². The molecule has 48 heavy (non-hydrogen) atoms. The minimum Gasteiger partial charge on any atom is -0.442 e. The summed E-state index contributed by atoms with van der Waals surface area (Å²) in [5.41, 5.74) is 11.3. The molecule has 3 rings (SSSR count). The number of aliphatic imine (C=N–C) groups is 1. The molecule has 1 heterocycles. The minimum atomic E-state index is -4.58. The summed E-state index contributed by atoms with van der Waals surface area (Å²) in [7, 11) is 0. The first-order valence-corrected chi connectivity index (χ1v) is 14.3. The van der Waals surface area contributed by atoms with E-state index in [2.05, 4.69) is 23.2 Å². The van der Waals surface area contributed by atoms with Gasteiger partial charge in [-0.2, -0.15) is 26.3 Å². The van der Waals surface area contributed by atoms with E-state index in [1.54, 1.807) is 54.6 Å². The molecule has 0 spiro atoms. The van der Waals surface area contributed by atoms with Crippen LogP contribution in [-0.4, -0.2) is 60.2 Å². The van der Waals surface area contributed by atoms with Crippen molar-refractivity contribution in [3.63, 3.8) is 0 Å². The van der Waals surface area contributed by atoms with Crippen LogP contribution in [-0.2, 0) is 23.9 Å². The Morgan fingerprint density at radius 3 is 2.02 bits per heavy atom. The van der Waals surface area contributed by atoms with Crippen LogP contribution in [0.3, 0.4) is 0 Å². The summed E-state index contributed by atoms with van der Waals surface area (Å²) in [5, 5.41) is 2.37. The number of halogens is 6. The number of benzene rings is 2. The van der Waals surface area contributed by atoms with Crippen molar-refractivity contribution in [2.75, 3.05) is 11.6 Å². The Kier molecular flexibility index (Phi) is 15.3. The second-order valence-corrected chi connectivity index (χ2v) is 10.8. The number of terminal acetylenes is 1. The molecule has 0 aliphatic carbocycles. The predicted octanol–water partition coefficient (Wildman–Crippen LogP) is 4.59. The monoisotopic (exact) mass is 685 g/mol. The Morgan fingerprint density at radius 2 is 1.52 bits per heavy atom. The topological polar surface area (TPSA) is 157 Å². The number of nitrogens with two attached hydrogens (primary N) is 2. The number of anilines is 1. The number of nitrogens with one attached hydrogen (secondary N) is 1. The van der Waals surface area contributed by atoms with Crippen LogP contribution in [0.15, 0.2) is 59.6 Å². The molecule has 0 unspecified atom stereocenters. The van der Waals surface area contributed by atoms with Gasteiger partial charge in [0.25, 0.3) is 5.91 Å². The van der Waals surface area contributed by atoms with E-state index >= 15 is 0 Å². The van der Waals surface area contributed by atoms with Gasteiger partial charge in [0.1, 0.15) is 5.54 Å². The molecule has 0 aromatic heterocycles. The maximum absolute atomic E-state index is 13.8. The molecule has 0 bridgehead atoms. The fraction of sp³-hybridized carbons (Fsp3) is 0.406. The molecule has 1 aliphatic rings. The Labute approximate surface area is 273 Å². The number of amides is 3. The molecule has 2 aromatic carbocycles. The number of alkyl halides is 6. The molecular formula is C32H37F6N5O5. The highest BCUT2D eigenvalue weighted by atomic mass is 19.4. The summed E-state index contributed by atoms with van der Waals surface area (Å²) in [6.45, 7) is 3.35. The fourth-order valence-corrected chi connectivity index (χ4v) is 3.95. The van der Waals surface area contributed by atoms with Gasteiger partial charge in [-0.05, 0) is 26.3 Å². The van der Waals surface area contributed by atoms with Gasteiger partial charge in [0.2, 0.25) is 18.0 Å².